The third kappa shape index (κ3) is 1.76. The van der Waals surface area contributed by atoms with Crippen LogP contribution in [0.25, 0.3) is 0 Å². The molecule has 0 amide bonds. The van der Waals surface area contributed by atoms with E-state index in [0.29, 0.717) is 6.61 Å². The van der Waals surface area contributed by atoms with Crippen molar-refractivity contribution < 1.29 is 14.3 Å². The average Bonchev–Trinajstić information content (AvgIpc) is 2.48. The Bertz CT molecular complexity index is 183. The summed E-state index contributed by atoms with van der Waals surface area (Å²) in [6, 6.07) is -0.306. The van der Waals surface area contributed by atoms with Crippen LogP contribution in [0.2, 0.25) is 0 Å². The number of hydrogen-bond acceptors (Lipinski definition) is 4. The molecule has 1 saturated heterocycles. The molecular weight excluding hydrogens is 158 g/mol. The second-order valence-electron chi connectivity index (χ2n) is 3.12. The van der Waals surface area contributed by atoms with Crippen molar-refractivity contribution in [2.45, 2.75) is 32.0 Å². The quantitative estimate of drug-likeness (QED) is 0.609. The molecule has 1 heterocycles. The van der Waals surface area contributed by atoms with Gasteiger partial charge in [0, 0.05) is 0 Å². The van der Waals surface area contributed by atoms with Crippen LogP contribution < -0.4 is 5.32 Å². The standard InChI is InChI=1S/C8H15NO3/c1-4-8(2)9-6(5-12-8)7(10)11-3/h6,9H,4-5H2,1-3H3. The highest BCUT2D eigenvalue weighted by Crippen LogP contribution is 2.19. The summed E-state index contributed by atoms with van der Waals surface area (Å²) in [5.74, 6) is -0.257. The molecule has 1 aliphatic heterocycles. The molecule has 0 spiro atoms. The second kappa shape index (κ2) is 3.41. The van der Waals surface area contributed by atoms with E-state index >= 15 is 0 Å². The third-order valence-electron chi connectivity index (χ3n) is 2.21. The summed E-state index contributed by atoms with van der Waals surface area (Å²) in [5, 5.41) is 3.07. The number of ether oxygens (including phenoxy) is 2. The van der Waals surface area contributed by atoms with Crippen molar-refractivity contribution in [3.8, 4) is 0 Å². The third-order valence-corrected chi connectivity index (χ3v) is 2.21. The molecular formula is C8H15NO3. The topological polar surface area (TPSA) is 47.6 Å². The molecule has 4 heteroatoms. The summed E-state index contributed by atoms with van der Waals surface area (Å²) in [5.41, 5.74) is -0.362. The molecule has 1 fully saturated rings. The Labute approximate surface area is 72.2 Å². The molecule has 1 aliphatic rings. The molecule has 12 heavy (non-hydrogen) atoms. The summed E-state index contributed by atoms with van der Waals surface area (Å²) in [6.07, 6.45) is 0.834. The van der Waals surface area contributed by atoms with Crippen LogP contribution in [0.3, 0.4) is 0 Å². The minimum atomic E-state index is -0.362. The number of nitrogens with one attached hydrogen (secondary N) is 1. The first-order chi connectivity index (χ1) is 5.61. The zero-order valence-electron chi connectivity index (χ0n) is 7.72. The molecule has 1 rings (SSSR count). The summed E-state index contributed by atoms with van der Waals surface area (Å²) >= 11 is 0. The van der Waals surface area contributed by atoms with Crippen molar-refractivity contribution in [1.29, 1.82) is 0 Å². The lowest BCUT2D eigenvalue weighted by Crippen LogP contribution is -2.44. The van der Waals surface area contributed by atoms with Gasteiger partial charge in [0.1, 0.15) is 11.8 Å². The maximum Gasteiger partial charge on any atom is 0.325 e. The highest BCUT2D eigenvalue weighted by atomic mass is 16.5. The molecule has 0 aromatic rings. The summed E-state index contributed by atoms with van der Waals surface area (Å²) in [6.45, 7) is 4.33. The lowest BCUT2D eigenvalue weighted by molar-refractivity contribution is -0.142. The molecule has 0 bridgehead atoms. The number of methoxy groups -OCH3 is 1. The van der Waals surface area contributed by atoms with Crippen molar-refractivity contribution in [3.05, 3.63) is 0 Å². The van der Waals surface area contributed by atoms with Gasteiger partial charge in [0.25, 0.3) is 0 Å². The van der Waals surface area contributed by atoms with E-state index in [9.17, 15) is 4.79 Å². The summed E-state index contributed by atoms with van der Waals surface area (Å²) in [4.78, 5) is 11.1. The van der Waals surface area contributed by atoms with E-state index in [1.54, 1.807) is 0 Å². The van der Waals surface area contributed by atoms with Crippen LogP contribution in [-0.4, -0.2) is 31.5 Å². The molecule has 70 valence electrons. The van der Waals surface area contributed by atoms with Crippen molar-refractivity contribution in [2.24, 2.45) is 0 Å². The van der Waals surface area contributed by atoms with Gasteiger partial charge in [0.15, 0.2) is 0 Å². The molecule has 0 radical (unpaired) electrons. The monoisotopic (exact) mass is 173 g/mol. The Morgan fingerprint density at radius 1 is 1.83 bits per heavy atom. The van der Waals surface area contributed by atoms with Crippen molar-refractivity contribution in [3.63, 3.8) is 0 Å². The number of hydrogen-bond donors (Lipinski definition) is 1. The Hall–Kier alpha value is -0.610. The van der Waals surface area contributed by atoms with Crippen molar-refractivity contribution >= 4 is 5.97 Å². The molecule has 0 aromatic heterocycles. The summed E-state index contributed by atoms with van der Waals surface area (Å²) in [7, 11) is 1.38. The van der Waals surface area contributed by atoms with Crippen LogP contribution in [0.1, 0.15) is 20.3 Å². The van der Waals surface area contributed by atoms with Gasteiger partial charge in [0.2, 0.25) is 0 Å². The number of carbonyl (C=O) groups excluding carboxylic acids is 1. The highest BCUT2D eigenvalue weighted by molar-refractivity contribution is 5.76. The zero-order valence-corrected chi connectivity index (χ0v) is 7.72. The van der Waals surface area contributed by atoms with Gasteiger partial charge < -0.3 is 9.47 Å². The Morgan fingerprint density at radius 3 is 2.92 bits per heavy atom. The maximum absolute atomic E-state index is 11.1. The number of rotatable bonds is 2. The largest absolute Gasteiger partial charge is 0.468 e. The van der Waals surface area contributed by atoms with E-state index in [4.69, 9.17) is 4.74 Å². The van der Waals surface area contributed by atoms with Gasteiger partial charge in [-0.25, -0.2) is 0 Å². The summed E-state index contributed by atoms with van der Waals surface area (Å²) < 4.78 is 10.0. The smallest absolute Gasteiger partial charge is 0.325 e. The van der Waals surface area contributed by atoms with E-state index in [-0.39, 0.29) is 17.7 Å². The Morgan fingerprint density at radius 2 is 2.50 bits per heavy atom. The fourth-order valence-corrected chi connectivity index (χ4v) is 1.19. The predicted molar refractivity (Wildman–Crippen MR) is 43.6 cm³/mol. The highest BCUT2D eigenvalue weighted by Gasteiger charge is 2.37. The maximum atomic E-state index is 11.1. The fraction of sp³-hybridized carbons (Fsp3) is 0.875. The van der Waals surface area contributed by atoms with Gasteiger partial charge in [-0.1, -0.05) is 6.92 Å². The molecule has 4 nitrogen and oxygen atoms in total. The minimum absolute atomic E-state index is 0.257. The molecule has 2 atom stereocenters. The van der Waals surface area contributed by atoms with Crippen LogP contribution in [-0.2, 0) is 14.3 Å². The normalized spacial score (nSPS) is 35.1. The van der Waals surface area contributed by atoms with E-state index in [0.717, 1.165) is 6.42 Å². The first-order valence-corrected chi connectivity index (χ1v) is 4.11. The fourth-order valence-electron chi connectivity index (χ4n) is 1.19. The number of carbonyl (C=O) groups is 1. The van der Waals surface area contributed by atoms with Gasteiger partial charge in [0.05, 0.1) is 13.7 Å². The predicted octanol–water partition coefficient (Wildman–Crippen LogP) is 0.274. The van der Waals surface area contributed by atoms with Crippen LogP contribution in [0.5, 0.6) is 0 Å². The van der Waals surface area contributed by atoms with Gasteiger partial charge in [-0.05, 0) is 13.3 Å². The van der Waals surface area contributed by atoms with E-state index in [1.807, 2.05) is 13.8 Å². The first kappa shape index (κ1) is 9.48. The van der Waals surface area contributed by atoms with Gasteiger partial charge in [-0.15, -0.1) is 0 Å². The van der Waals surface area contributed by atoms with Gasteiger partial charge in [-0.2, -0.15) is 0 Å². The Balaban J connectivity index is 2.50. The average molecular weight is 173 g/mol. The number of esters is 1. The van der Waals surface area contributed by atoms with E-state index in [1.165, 1.54) is 7.11 Å². The van der Waals surface area contributed by atoms with Crippen LogP contribution in [0.4, 0.5) is 0 Å². The molecule has 0 aromatic carbocycles. The van der Waals surface area contributed by atoms with Crippen LogP contribution >= 0.6 is 0 Å². The minimum Gasteiger partial charge on any atom is -0.468 e. The van der Waals surface area contributed by atoms with E-state index in [2.05, 4.69) is 10.1 Å². The van der Waals surface area contributed by atoms with Gasteiger partial charge >= 0.3 is 5.97 Å². The zero-order chi connectivity index (χ0) is 9.19. The molecule has 2 unspecified atom stereocenters. The first-order valence-electron chi connectivity index (χ1n) is 4.11. The SMILES string of the molecule is CCC1(C)NC(C(=O)OC)CO1. The van der Waals surface area contributed by atoms with Gasteiger partial charge in [-0.3, -0.25) is 10.1 Å². The Kier molecular flexibility index (Phi) is 2.69. The van der Waals surface area contributed by atoms with Crippen molar-refractivity contribution in [2.75, 3.05) is 13.7 Å². The molecule has 0 aliphatic carbocycles. The van der Waals surface area contributed by atoms with Crippen LogP contribution in [0.15, 0.2) is 0 Å². The van der Waals surface area contributed by atoms with Crippen molar-refractivity contribution in [1.82, 2.24) is 5.32 Å². The lowest BCUT2D eigenvalue weighted by atomic mass is 10.2. The van der Waals surface area contributed by atoms with Crippen LogP contribution in [0, 0.1) is 0 Å². The lowest BCUT2D eigenvalue weighted by Gasteiger charge is -2.21. The molecule has 1 N–H and O–H groups in total. The van der Waals surface area contributed by atoms with E-state index < -0.39 is 0 Å². The second-order valence-corrected chi connectivity index (χ2v) is 3.12. The molecule has 0 saturated carbocycles.